The lowest BCUT2D eigenvalue weighted by Crippen LogP contribution is -1.52. The van der Waals surface area contributed by atoms with E-state index in [4.69, 9.17) is 0 Å². The van der Waals surface area contributed by atoms with Crippen LogP contribution in [0.15, 0.2) is 29.4 Å². The third-order valence-corrected chi connectivity index (χ3v) is 0.625. The normalized spacial score (nSPS) is 12.8. The lowest BCUT2D eigenvalue weighted by atomic mass is 10.5. The summed E-state index contributed by atoms with van der Waals surface area (Å²) in [6.45, 7) is 3.86. The maximum Gasteiger partial charge on any atom is 0.0263 e. The van der Waals surface area contributed by atoms with E-state index in [1.54, 1.807) is 12.4 Å². The van der Waals surface area contributed by atoms with Crippen LogP contribution in [0.2, 0.25) is 0 Å². The van der Waals surface area contributed by atoms with Crippen molar-refractivity contribution >= 4 is 6.21 Å². The number of nitrogens with zero attached hydrogens (tertiary/aromatic N) is 1. The van der Waals surface area contributed by atoms with Gasteiger partial charge >= 0.3 is 0 Å². The van der Waals surface area contributed by atoms with Crippen LogP contribution in [-0.2, 0) is 0 Å². The minimum absolute atomic E-state index is 1.75. The fraction of sp³-hybridized carbons (Fsp3) is 0.286. The highest BCUT2D eigenvalue weighted by atomic mass is 14.6. The Morgan fingerprint density at radius 1 is 1.12 bits per heavy atom. The molecule has 44 valence electrons. The molecule has 0 aromatic carbocycles. The standard InChI is InChI=1S/C7H11N/c1-3-5-6-7-8-4-2/h3-7H,1-2H3/b5-3-,7-6-,8-4-. The number of hydrogen-bond donors (Lipinski definition) is 0. The summed E-state index contributed by atoms with van der Waals surface area (Å²) in [6.07, 6.45) is 9.29. The van der Waals surface area contributed by atoms with Crippen molar-refractivity contribution < 1.29 is 0 Å². The summed E-state index contributed by atoms with van der Waals surface area (Å²) < 4.78 is 0. The topological polar surface area (TPSA) is 12.4 Å². The van der Waals surface area contributed by atoms with Crippen molar-refractivity contribution in [3.05, 3.63) is 24.4 Å². The summed E-state index contributed by atoms with van der Waals surface area (Å²) in [7, 11) is 0. The van der Waals surface area contributed by atoms with Crippen LogP contribution < -0.4 is 0 Å². The Morgan fingerprint density at radius 3 is 2.38 bits per heavy atom. The van der Waals surface area contributed by atoms with Crippen molar-refractivity contribution in [2.45, 2.75) is 13.8 Å². The average Bonchev–Trinajstić information content (AvgIpc) is 1.81. The first kappa shape index (κ1) is 7.15. The van der Waals surface area contributed by atoms with E-state index in [1.807, 2.05) is 32.1 Å². The van der Waals surface area contributed by atoms with Crippen LogP contribution >= 0.6 is 0 Å². The molecule has 0 atom stereocenters. The van der Waals surface area contributed by atoms with E-state index in [-0.39, 0.29) is 0 Å². The minimum Gasteiger partial charge on any atom is -0.269 e. The Morgan fingerprint density at radius 2 is 1.88 bits per heavy atom. The second kappa shape index (κ2) is 6.15. The Kier molecular flexibility index (Phi) is 5.50. The summed E-state index contributed by atoms with van der Waals surface area (Å²) in [5.41, 5.74) is 0. The van der Waals surface area contributed by atoms with E-state index in [2.05, 4.69) is 4.99 Å². The minimum atomic E-state index is 1.75. The Labute approximate surface area is 50.4 Å². The Bertz CT molecular complexity index is 95.6. The Hall–Kier alpha value is -0.850. The van der Waals surface area contributed by atoms with Crippen LogP contribution in [0.1, 0.15) is 13.8 Å². The van der Waals surface area contributed by atoms with Crippen LogP contribution in [0.3, 0.4) is 0 Å². The molecule has 0 aromatic heterocycles. The Balaban J connectivity index is 3.35. The molecule has 1 heteroatoms. The molecule has 0 saturated heterocycles. The van der Waals surface area contributed by atoms with Gasteiger partial charge in [0.2, 0.25) is 0 Å². The van der Waals surface area contributed by atoms with E-state index in [9.17, 15) is 0 Å². The van der Waals surface area contributed by atoms with Gasteiger partial charge in [-0.3, -0.25) is 4.99 Å². The van der Waals surface area contributed by atoms with Crippen molar-refractivity contribution in [1.82, 2.24) is 0 Å². The van der Waals surface area contributed by atoms with Gasteiger partial charge in [-0.1, -0.05) is 12.2 Å². The maximum atomic E-state index is 3.85. The lowest BCUT2D eigenvalue weighted by Gasteiger charge is -1.69. The maximum absolute atomic E-state index is 3.85. The first-order chi connectivity index (χ1) is 3.91. The van der Waals surface area contributed by atoms with Gasteiger partial charge in [-0.2, -0.15) is 0 Å². The first-order valence-electron chi connectivity index (χ1n) is 2.67. The summed E-state index contributed by atoms with van der Waals surface area (Å²) in [5.74, 6) is 0. The second-order valence-electron chi connectivity index (χ2n) is 1.27. The van der Waals surface area contributed by atoms with Gasteiger partial charge in [0.25, 0.3) is 0 Å². The van der Waals surface area contributed by atoms with Crippen LogP contribution in [0.5, 0.6) is 0 Å². The zero-order chi connectivity index (χ0) is 6.24. The van der Waals surface area contributed by atoms with Gasteiger partial charge in [0, 0.05) is 12.4 Å². The molecule has 1 nitrogen and oxygen atoms in total. The molecule has 0 radical (unpaired) electrons. The predicted octanol–water partition coefficient (Wildman–Crippen LogP) is 2.17. The average molecular weight is 109 g/mol. The first-order valence-corrected chi connectivity index (χ1v) is 2.67. The van der Waals surface area contributed by atoms with Gasteiger partial charge in [-0.05, 0) is 19.9 Å². The predicted molar refractivity (Wildman–Crippen MR) is 38.1 cm³/mol. The highest BCUT2D eigenvalue weighted by molar-refractivity contribution is 5.54. The molecule has 8 heavy (non-hydrogen) atoms. The second-order valence-corrected chi connectivity index (χ2v) is 1.27. The molecule has 0 amide bonds. The third kappa shape index (κ3) is 5.15. The molecule has 0 bridgehead atoms. The zero-order valence-electron chi connectivity index (χ0n) is 5.33. The van der Waals surface area contributed by atoms with Crippen molar-refractivity contribution in [3.63, 3.8) is 0 Å². The largest absolute Gasteiger partial charge is 0.269 e. The molecule has 0 N–H and O–H groups in total. The quantitative estimate of drug-likeness (QED) is 0.380. The van der Waals surface area contributed by atoms with E-state index in [0.717, 1.165) is 0 Å². The molecule has 0 heterocycles. The summed E-state index contributed by atoms with van der Waals surface area (Å²) in [6, 6.07) is 0. The van der Waals surface area contributed by atoms with Crippen molar-refractivity contribution in [2.24, 2.45) is 4.99 Å². The molecule has 0 unspecified atom stereocenters. The highest BCUT2D eigenvalue weighted by Crippen LogP contribution is 1.75. The number of hydrogen-bond acceptors (Lipinski definition) is 1. The molecule has 0 aliphatic heterocycles. The van der Waals surface area contributed by atoms with E-state index >= 15 is 0 Å². The highest BCUT2D eigenvalue weighted by Gasteiger charge is 1.55. The smallest absolute Gasteiger partial charge is 0.0263 e. The van der Waals surface area contributed by atoms with Crippen molar-refractivity contribution in [1.29, 1.82) is 0 Å². The fourth-order valence-electron chi connectivity index (χ4n) is 0.297. The van der Waals surface area contributed by atoms with Gasteiger partial charge in [0.1, 0.15) is 0 Å². The van der Waals surface area contributed by atoms with Gasteiger partial charge in [0.15, 0.2) is 0 Å². The van der Waals surface area contributed by atoms with Gasteiger partial charge in [-0.25, -0.2) is 0 Å². The summed E-state index contributed by atoms with van der Waals surface area (Å²) >= 11 is 0. The van der Waals surface area contributed by atoms with Gasteiger partial charge in [-0.15, -0.1) is 0 Å². The van der Waals surface area contributed by atoms with Crippen LogP contribution in [0.25, 0.3) is 0 Å². The van der Waals surface area contributed by atoms with E-state index < -0.39 is 0 Å². The molecule has 0 aliphatic rings. The molecular formula is C7H11N. The molecule has 0 saturated carbocycles. The van der Waals surface area contributed by atoms with Crippen LogP contribution in [0.4, 0.5) is 0 Å². The number of rotatable bonds is 2. The van der Waals surface area contributed by atoms with Crippen LogP contribution in [0, 0.1) is 0 Å². The molecule has 0 rings (SSSR count). The fourth-order valence-corrected chi connectivity index (χ4v) is 0.297. The molecular weight excluding hydrogens is 98.1 g/mol. The van der Waals surface area contributed by atoms with Gasteiger partial charge in [0.05, 0.1) is 0 Å². The monoisotopic (exact) mass is 109 g/mol. The zero-order valence-corrected chi connectivity index (χ0v) is 5.33. The van der Waals surface area contributed by atoms with E-state index in [1.165, 1.54) is 0 Å². The van der Waals surface area contributed by atoms with Crippen molar-refractivity contribution in [2.75, 3.05) is 0 Å². The third-order valence-electron chi connectivity index (χ3n) is 0.625. The summed E-state index contributed by atoms with van der Waals surface area (Å²) in [5, 5.41) is 0. The van der Waals surface area contributed by atoms with Crippen LogP contribution in [-0.4, -0.2) is 6.21 Å². The molecule has 0 aliphatic carbocycles. The SMILES string of the molecule is C\C=C/C=C\N=C/C. The number of allylic oxidation sites excluding steroid dienone is 3. The number of aliphatic imine (C=N–C) groups is 1. The molecule has 0 aromatic rings. The molecule has 0 spiro atoms. The van der Waals surface area contributed by atoms with E-state index in [0.29, 0.717) is 0 Å². The van der Waals surface area contributed by atoms with Crippen molar-refractivity contribution in [3.8, 4) is 0 Å². The molecule has 0 fully saturated rings. The van der Waals surface area contributed by atoms with Gasteiger partial charge < -0.3 is 0 Å². The lowest BCUT2D eigenvalue weighted by molar-refractivity contribution is 1.57. The summed E-state index contributed by atoms with van der Waals surface area (Å²) in [4.78, 5) is 3.85.